The van der Waals surface area contributed by atoms with Gasteiger partial charge in [-0.3, -0.25) is 9.69 Å². The van der Waals surface area contributed by atoms with Crippen LogP contribution in [0.2, 0.25) is 0 Å². The average Bonchev–Trinajstić information content (AvgIpc) is 3.13. The van der Waals surface area contributed by atoms with E-state index in [2.05, 4.69) is 75.9 Å². The molecule has 0 atom stereocenters. The maximum Gasteiger partial charge on any atom is 0.239 e. The summed E-state index contributed by atoms with van der Waals surface area (Å²) in [7, 11) is 0. The number of likely N-dealkylation sites (N-methyl/N-ethyl adjacent to an activating group) is 1. The van der Waals surface area contributed by atoms with Gasteiger partial charge in [-0.2, -0.15) is 0 Å². The number of rotatable bonds is 9. The Balaban J connectivity index is 1.81. The Labute approximate surface area is 188 Å². The predicted octanol–water partition coefficient (Wildman–Crippen LogP) is 5.69. The van der Waals surface area contributed by atoms with E-state index < -0.39 is 0 Å². The second kappa shape index (κ2) is 10.4. The van der Waals surface area contributed by atoms with E-state index in [-0.39, 0.29) is 5.91 Å². The molecule has 160 valence electrons. The minimum atomic E-state index is 0.111. The second-order valence-electron chi connectivity index (χ2n) is 7.57. The van der Waals surface area contributed by atoms with Crippen LogP contribution in [0.4, 0.5) is 5.13 Å². The third kappa shape index (κ3) is 5.62. The van der Waals surface area contributed by atoms with Crippen molar-refractivity contribution in [3.8, 4) is 0 Å². The molecule has 3 aromatic rings. The van der Waals surface area contributed by atoms with Crippen molar-refractivity contribution in [1.29, 1.82) is 0 Å². The molecule has 3 rings (SSSR count). The van der Waals surface area contributed by atoms with Crippen LogP contribution in [0.5, 0.6) is 0 Å². The topological polar surface area (TPSA) is 36.4 Å². The lowest BCUT2D eigenvalue weighted by Crippen LogP contribution is -2.39. The van der Waals surface area contributed by atoms with Crippen LogP contribution in [-0.4, -0.2) is 47.7 Å². The molecule has 4 nitrogen and oxygen atoms in total. The number of benzene rings is 2. The molecule has 0 bridgehead atoms. The molecule has 1 aromatic heterocycles. The minimum Gasteiger partial charge on any atom is -0.302 e. The van der Waals surface area contributed by atoms with Crippen molar-refractivity contribution in [3.05, 3.63) is 53.1 Å². The highest BCUT2D eigenvalue weighted by Gasteiger charge is 2.21. The number of carbonyl (C=O) groups excluding carboxylic acids is 1. The minimum absolute atomic E-state index is 0.111. The van der Waals surface area contributed by atoms with Gasteiger partial charge in [-0.25, -0.2) is 4.98 Å². The first-order valence-corrected chi connectivity index (χ1v) is 12.3. The van der Waals surface area contributed by atoms with Crippen LogP contribution in [0.3, 0.4) is 0 Å². The zero-order valence-electron chi connectivity index (χ0n) is 18.6. The zero-order valence-corrected chi connectivity index (χ0v) is 20.2. The van der Waals surface area contributed by atoms with Crippen LogP contribution >= 0.6 is 23.1 Å². The van der Waals surface area contributed by atoms with Crippen molar-refractivity contribution in [2.45, 2.75) is 39.5 Å². The van der Waals surface area contributed by atoms with Crippen LogP contribution in [0.25, 0.3) is 10.2 Å². The zero-order chi connectivity index (χ0) is 21.7. The lowest BCUT2D eigenvalue weighted by Gasteiger charge is -2.24. The Morgan fingerprint density at radius 3 is 2.33 bits per heavy atom. The first-order chi connectivity index (χ1) is 14.4. The summed E-state index contributed by atoms with van der Waals surface area (Å²) >= 11 is 3.20. The number of nitrogens with zero attached hydrogens (tertiary/aromatic N) is 3. The summed E-state index contributed by atoms with van der Waals surface area (Å²) in [6.07, 6.45) is 0. The van der Waals surface area contributed by atoms with Crippen molar-refractivity contribution < 1.29 is 4.79 Å². The molecule has 1 heterocycles. The molecular weight excluding hydrogens is 410 g/mol. The van der Waals surface area contributed by atoms with Crippen molar-refractivity contribution in [2.75, 3.05) is 36.8 Å². The first-order valence-electron chi connectivity index (χ1n) is 10.5. The number of aromatic nitrogens is 1. The summed E-state index contributed by atoms with van der Waals surface area (Å²) in [4.78, 5) is 23.4. The number of thioether (sulfide) groups is 1. The number of aryl methyl sites for hydroxylation is 3. The van der Waals surface area contributed by atoms with Gasteiger partial charge in [0, 0.05) is 18.0 Å². The Kier molecular flexibility index (Phi) is 7.92. The third-order valence-corrected chi connectivity index (χ3v) is 7.48. The third-order valence-electron chi connectivity index (χ3n) is 5.44. The monoisotopic (exact) mass is 441 g/mol. The fourth-order valence-electron chi connectivity index (χ4n) is 3.25. The van der Waals surface area contributed by atoms with Gasteiger partial charge >= 0.3 is 0 Å². The largest absolute Gasteiger partial charge is 0.302 e. The van der Waals surface area contributed by atoms with Gasteiger partial charge < -0.3 is 4.90 Å². The van der Waals surface area contributed by atoms with Crippen molar-refractivity contribution in [3.63, 3.8) is 0 Å². The summed E-state index contributed by atoms with van der Waals surface area (Å²) in [5.41, 5.74) is 4.69. The summed E-state index contributed by atoms with van der Waals surface area (Å²) in [5, 5.41) is 0.802. The average molecular weight is 442 g/mol. The Morgan fingerprint density at radius 2 is 1.67 bits per heavy atom. The number of carbonyl (C=O) groups is 1. The predicted molar refractivity (Wildman–Crippen MR) is 131 cm³/mol. The van der Waals surface area contributed by atoms with Gasteiger partial charge in [0.25, 0.3) is 0 Å². The first kappa shape index (κ1) is 22.8. The number of anilines is 1. The van der Waals surface area contributed by atoms with E-state index in [0.717, 1.165) is 39.9 Å². The summed E-state index contributed by atoms with van der Waals surface area (Å²) in [6.45, 7) is 14.1. The summed E-state index contributed by atoms with van der Waals surface area (Å²) < 4.78 is 1.14. The van der Waals surface area contributed by atoms with Gasteiger partial charge in [-0.05, 0) is 69.3 Å². The van der Waals surface area contributed by atoms with Gasteiger partial charge in [-0.1, -0.05) is 42.9 Å². The van der Waals surface area contributed by atoms with Gasteiger partial charge in [0.05, 0.1) is 16.0 Å². The van der Waals surface area contributed by atoms with Gasteiger partial charge in [0.2, 0.25) is 5.91 Å². The van der Waals surface area contributed by atoms with E-state index in [1.54, 1.807) is 23.1 Å². The maximum absolute atomic E-state index is 13.2. The van der Waals surface area contributed by atoms with Crippen LogP contribution in [0.1, 0.15) is 30.5 Å². The van der Waals surface area contributed by atoms with Crippen LogP contribution < -0.4 is 4.90 Å². The van der Waals surface area contributed by atoms with Crippen molar-refractivity contribution >= 4 is 44.4 Å². The van der Waals surface area contributed by atoms with E-state index in [4.69, 9.17) is 4.98 Å². The van der Waals surface area contributed by atoms with E-state index >= 15 is 0 Å². The standard InChI is InChI=1S/C24H31N3OS2/c1-6-26(7-2)12-13-27(23(28)16-29-20-10-8-17(3)9-11-20)24-25-21-14-18(4)19(5)15-22(21)30-24/h8-11,14-15H,6-7,12-13,16H2,1-5H3. The van der Waals surface area contributed by atoms with Crippen LogP contribution in [0.15, 0.2) is 41.3 Å². The van der Waals surface area contributed by atoms with E-state index in [1.807, 2.05) is 4.90 Å². The fourth-order valence-corrected chi connectivity index (χ4v) is 5.11. The van der Waals surface area contributed by atoms with Crippen molar-refractivity contribution in [2.24, 2.45) is 0 Å². The highest BCUT2D eigenvalue weighted by atomic mass is 32.2. The number of amides is 1. The SMILES string of the molecule is CCN(CC)CCN(C(=O)CSc1ccc(C)cc1)c1nc2cc(C)c(C)cc2s1. The van der Waals surface area contributed by atoms with Gasteiger partial charge in [0.1, 0.15) is 0 Å². The van der Waals surface area contributed by atoms with E-state index in [1.165, 1.54) is 16.7 Å². The number of thiazole rings is 1. The van der Waals surface area contributed by atoms with Gasteiger partial charge in [-0.15, -0.1) is 11.8 Å². The highest BCUT2D eigenvalue weighted by molar-refractivity contribution is 8.00. The highest BCUT2D eigenvalue weighted by Crippen LogP contribution is 2.31. The number of hydrogen-bond acceptors (Lipinski definition) is 5. The van der Waals surface area contributed by atoms with Crippen molar-refractivity contribution in [1.82, 2.24) is 9.88 Å². The Hall–Kier alpha value is -1.89. The molecule has 30 heavy (non-hydrogen) atoms. The molecule has 0 saturated heterocycles. The lowest BCUT2D eigenvalue weighted by molar-refractivity contribution is -0.116. The summed E-state index contributed by atoms with van der Waals surface area (Å²) in [6, 6.07) is 12.6. The molecule has 2 aromatic carbocycles. The number of hydrogen-bond donors (Lipinski definition) is 0. The summed E-state index contributed by atoms with van der Waals surface area (Å²) in [5.74, 6) is 0.523. The Bertz CT molecular complexity index is 955. The molecule has 0 aliphatic carbocycles. The molecule has 0 saturated carbocycles. The fraction of sp³-hybridized carbons (Fsp3) is 0.417. The molecule has 0 aliphatic heterocycles. The molecule has 1 amide bonds. The molecule has 0 unspecified atom stereocenters. The molecule has 6 heteroatoms. The van der Waals surface area contributed by atoms with Gasteiger partial charge in [0.15, 0.2) is 5.13 Å². The molecule has 0 N–H and O–H groups in total. The second-order valence-corrected chi connectivity index (χ2v) is 9.63. The number of fused-ring (bicyclic) bond motifs is 1. The van der Waals surface area contributed by atoms with Crippen LogP contribution in [-0.2, 0) is 4.79 Å². The van der Waals surface area contributed by atoms with E-state index in [0.29, 0.717) is 12.3 Å². The maximum atomic E-state index is 13.2. The molecule has 0 spiro atoms. The molecule has 0 radical (unpaired) electrons. The molecule has 0 aliphatic rings. The van der Waals surface area contributed by atoms with E-state index in [9.17, 15) is 4.79 Å². The smallest absolute Gasteiger partial charge is 0.239 e. The normalized spacial score (nSPS) is 11.4. The lowest BCUT2D eigenvalue weighted by atomic mass is 10.1. The van der Waals surface area contributed by atoms with Crippen LogP contribution in [0, 0.1) is 20.8 Å². The molecular formula is C24H31N3OS2. The Morgan fingerprint density at radius 1 is 1.00 bits per heavy atom. The quantitative estimate of drug-likeness (QED) is 0.400. The molecule has 0 fully saturated rings.